The molecule has 1 heterocycles. The number of rotatable bonds is 3. The first-order valence-electron chi connectivity index (χ1n) is 6.92. The SMILES string of the molecule is C[NH2+]C1(c2nnnn2-c2cccc(C)c2)CCCC1. The second-order valence-electron chi connectivity index (χ2n) is 5.41. The Labute approximate surface area is 113 Å². The van der Waals surface area contributed by atoms with E-state index < -0.39 is 0 Å². The van der Waals surface area contributed by atoms with Crippen LogP contribution in [-0.4, -0.2) is 27.3 Å². The summed E-state index contributed by atoms with van der Waals surface area (Å²) in [6.45, 7) is 2.09. The van der Waals surface area contributed by atoms with Crippen LogP contribution in [0.25, 0.3) is 5.69 Å². The van der Waals surface area contributed by atoms with Crippen LogP contribution in [0.3, 0.4) is 0 Å². The van der Waals surface area contributed by atoms with Crippen molar-refractivity contribution in [3.8, 4) is 5.69 Å². The third-order valence-corrected chi connectivity index (χ3v) is 4.21. The highest BCUT2D eigenvalue weighted by molar-refractivity contribution is 5.35. The Morgan fingerprint density at radius 3 is 2.74 bits per heavy atom. The van der Waals surface area contributed by atoms with E-state index in [1.54, 1.807) is 0 Å². The Morgan fingerprint density at radius 1 is 1.26 bits per heavy atom. The van der Waals surface area contributed by atoms with Gasteiger partial charge in [-0.15, -0.1) is 5.10 Å². The van der Waals surface area contributed by atoms with Crippen LogP contribution in [0.4, 0.5) is 0 Å². The van der Waals surface area contributed by atoms with Gasteiger partial charge in [0, 0.05) is 12.8 Å². The largest absolute Gasteiger partial charge is 0.337 e. The Balaban J connectivity index is 2.07. The average Bonchev–Trinajstić information content (AvgIpc) is 3.08. The van der Waals surface area contributed by atoms with Gasteiger partial charge in [-0.1, -0.05) is 12.1 Å². The number of nitrogens with zero attached hydrogens (tertiary/aromatic N) is 4. The molecule has 0 spiro atoms. The summed E-state index contributed by atoms with van der Waals surface area (Å²) in [5.41, 5.74) is 2.32. The lowest BCUT2D eigenvalue weighted by molar-refractivity contribution is -0.713. The molecular formula is C14H20N5+. The highest BCUT2D eigenvalue weighted by Gasteiger charge is 2.43. The molecule has 0 unspecified atom stereocenters. The first kappa shape index (κ1) is 12.3. The molecule has 19 heavy (non-hydrogen) atoms. The number of tetrazole rings is 1. The van der Waals surface area contributed by atoms with Gasteiger partial charge in [0.2, 0.25) is 5.82 Å². The van der Waals surface area contributed by atoms with Crippen LogP contribution < -0.4 is 5.32 Å². The topological polar surface area (TPSA) is 60.2 Å². The first-order valence-corrected chi connectivity index (χ1v) is 6.92. The molecule has 1 aromatic carbocycles. The second kappa shape index (κ2) is 4.74. The number of benzene rings is 1. The molecule has 0 amide bonds. The van der Waals surface area contributed by atoms with E-state index in [9.17, 15) is 0 Å². The molecule has 1 aromatic heterocycles. The van der Waals surface area contributed by atoms with E-state index >= 15 is 0 Å². The van der Waals surface area contributed by atoms with Crippen molar-refractivity contribution < 1.29 is 5.32 Å². The molecule has 0 atom stereocenters. The summed E-state index contributed by atoms with van der Waals surface area (Å²) in [6.07, 6.45) is 4.81. The molecule has 0 aliphatic heterocycles. The minimum atomic E-state index is 0.0489. The van der Waals surface area contributed by atoms with Gasteiger partial charge in [-0.3, -0.25) is 0 Å². The maximum Gasteiger partial charge on any atom is 0.217 e. The number of aryl methyl sites for hydroxylation is 1. The maximum atomic E-state index is 4.32. The molecule has 1 aliphatic carbocycles. The second-order valence-corrected chi connectivity index (χ2v) is 5.41. The van der Waals surface area contributed by atoms with Gasteiger partial charge in [-0.25, -0.2) is 0 Å². The van der Waals surface area contributed by atoms with Crippen molar-refractivity contribution in [3.05, 3.63) is 35.7 Å². The molecule has 3 rings (SSSR count). The highest BCUT2D eigenvalue weighted by atomic mass is 15.6. The van der Waals surface area contributed by atoms with Crippen molar-refractivity contribution >= 4 is 0 Å². The van der Waals surface area contributed by atoms with Crippen LogP contribution in [0.15, 0.2) is 24.3 Å². The van der Waals surface area contributed by atoms with Crippen LogP contribution in [0.1, 0.15) is 37.1 Å². The third-order valence-electron chi connectivity index (χ3n) is 4.21. The minimum absolute atomic E-state index is 0.0489. The molecule has 1 fully saturated rings. The van der Waals surface area contributed by atoms with Gasteiger partial charge in [-0.05, 0) is 47.9 Å². The highest BCUT2D eigenvalue weighted by Crippen LogP contribution is 2.34. The number of quaternary nitrogens is 1. The zero-order valence-corrected chi connectivity index (χ0v) is 11.5. The van der Waals surface area contributed by atoms with E-state index in [-0.39, 0.29) is 5.54 Å². The van der Waals surface area contributed by atoms with Gasteiger partial charge in [0.05, 0.1) is 12.7 Å². The van der Waals surface area contributed by atoms with Gasteiger partial charge in [0.25, 0.3) is 0 Å². The summed E-state index contributed by atoms with van der Waals surface area (Å²) in [7, 11) is 2.13. The molecule has 0 bridgehead atoms. The lowest BCUT2D eigenvalue weighted by Gasteiger charge is -2.23. The molecule has 5 heteroatoms. The number of nitrogens with two attached hydrogens (primary N) is 1. The fourth-order valence-electron chi connectivity index (χ4n) is 3.08. The number of aromatic nitrogens is 4. The molecule has 100 valence electrons. The number of hydrogen-bond acceptors (Lipinski definition) is 3. The Kier molecular flexibility index (Phi) is 3.06. The van der Waals surface area contributed by atoms with E-state index in [1.807, 2.05) is 10.7 Å². The Bertz CT molecular complexity index is 569. The smallest absolute Gasteiger partial charge is 0.217 e. The summed E-state index contributed by atoms with van der Waals surface area (Å²) in [5.74, 6) is 0.984. The van der Waals surface area contributed by atoms with Crippen LogP contribution in [0, 0.1) is 6.92 Å². The van der Waals surface area contributed by atoms with Gasteiger partial charge in [-0.2, -0.15) is 4.68 Å². The lowest BCUT2D eigenvalue weighted by Crippen LogP contribution is -2.91. The van der Waals surface area contributed by atoms with Crippen molar-refractivity contribution in [2.45, 2.75) is 38.1 Å². The van der Waals surface area contributed by atoms with Gasteiger partial charge in [0.1, 0.15) is 0 Å². The molecule has 0 radical (unpaired) electrons. The molecule has 2 N–H and O–H groups in total. The third kappa shape index (κ3) is 2.04. The average molecular weight is 258 g/mol. The molecule has 0 saturated heterocycles. The standard InChI is InChI=1S/C14H19N5/c1-11-6-5-7-12(10-11)19-13(16-17-18-19)14(15-2)8-3-4-9-14/h5-7,10,15H,3-4,8-9H2,1-2H3/p+1. The minimum Gasteiger partial charge on any atom is -0.337 e. The Morgan fingerprint density at radius 2 is 2.05 bits per heavy atom. The van der Waals surface area contributed by atoms with Crippen molar-refractivity contribution in [1.82, 2.24) is 20.2 Å². The quantitative estimate of drug-likeness (QED) is 0.891. The summed E-state index contributed by atoms with van der Waals surface area (Å²) in [6, 6.07) is 8.32. The first-order chi connectivity index (χ1) is 9.25. The van der Waals surface area contributed by atoms with Crippen LogP contribution in [0.2, 0.25) is 0 Å². The van der Waals surface area contributed by atoms with Crippen molar-refractivity contribution in [2.24, 2.45) is 0 Å². The van der Waals surface area contributed by atoms with E-state index in [0.717, 1.165) is 24.4 Å². The summed E-state index contributed by atoms with van der Waals surface area (Å²) in [5, 5.41) is 14.7. The zero-order valence-electron chi connectivity index (χ0n) is 11.5. The molecule has 2 aromatic rings. The summed E-state index contributed by atoms with van der Waals surface area (Å²) >= 11 is 0. The molecule has 1 aliphatic rings. The van der Waals surface area contributed by atoms with Crippen molar-refractivity contribution in [2.75, 3.05) is 7.05 Å². The Hall–Kier alpha value is -1.75. The molecule has 5 nitrogen and oxygen atoms in total. The van der Waals surface area contributed by atoms with E-state index in [1.165, 1.54) is 18.4 Å². The van der Waals surface area contributed by atoms with Gasteiger partial charge < -0.3 is 5.32 Å². The van der Waals surface area contributed by atoms with Crippen molar-refractivity contribution in [3.63, 3.8) is 0 Å². The molecular weight excluding hydrogens is 238 g/mol. The van der Waals surface area contributed by atoms with Gasteiger partial charge >= 0.3 is 0 Å². The van der Waals surface area contributed by atoms with E-state index in [0.29, 0.717) is 0 Å². The predicted molar refractivity (Wildman–Crippen MR) is 71.9 cm³/mol. The van der Waals surface area contributed by atoms with Crippen molar-refractivity contribution in [1.29, 1.82) is 0 Å². The van der Waals surface area contributed by atoms with Crippen LogP contribution in [0.5, 0.6) is 0 Å². The molecule has 1 saturated carbocycles. The zero-order chi connectivity index (χ0) is 13.3. The maximum absolute atomic E-state index is 4.32. The fourth-order valence-corrected chi connectivity index (χ4v) is 3.08. The van der Waals surface area contributed by atoms with E-state index in [4.69, 9.17) is 0 Å². The lowest BCUT2D eigenvalue weighted by atomic mass is 9.96. The van der Waals surface area contributed by atoms with Crippen LogP contribution in [-0.2, 0) is 5.54 Å². The van der Waals surface area contributed by atoms with Crippen LogP contribution >= 0.6 is 0 Å². The van der Waals surface area contributed by atoms with Gasteiger partial charge in [0.15, 0.2) is 5.54 Å². The monoisotopic (exact) mass is 258 g/mol. The normalized spacial score (nSPS) is 17.8. The fraction of sp³-hybridized carbons (Fsp3) is 0.500. The summed E-state index contributed by atoms with van der Waals surface area (Å²) in [4.78, 5) is 0. The summed E-state index contributed by atoms with van der Waals surface area (Å²) < 4.78 is 1.90. The van der Waals surface area contributed by atoms with E-state index in [2.05, 4.69) is 53.0 Å². The predicted octanol–water partition coefficient (Wildman–Crippen LogP) is 0.933. The number of hydrogen-bond donors (Lipinski definition) is 1.